The van der Waals surface area contributed by atoms with E-state index >= 15 is 0 Å². The number of carbonyl (C=O) groups is 2. The van der Waals surface area contributed by atoms with Gasteiger partial charge in [0.25, 0.3) is 5.91 Å². The Bertz CT molecular complexity index is 1280. The van der Waals surface area contributed by atoms with Crippen LogP contribution in [-0.4, -0.2) is 61.7 Å². The number of aryl methyl sites for hydroxylation is 2. The van der Waals surface area contributed by atoms with Gasteiger partial charge >= 0.3 is 0 Å². The third kappa shape index (κ3) is 5.39. The number of pyridine rings is 1. The summed E-state index contributed by atoms with van der Waals surface area (Å²) in [4.78, 5) is 46.2. The van der Waals surface area contributed by atoms with E-state index in [9.17, 15) is 9.59 Å². The third-order valence-corrected chi connectivity index (χ3v) is 7.62. The predicted octanol–water partition coefficient (Wildman–Crippen LogP) is 3.92. The van der Waals surface area contributed by atoms with Gasteiger partial charge in [0.15, 0.2) is 0 Å². The lowest BCUT2D eigenvalue weighted by Crippen LogP contribution is -2.45. The Kier molecular flexibility index (Phi) is 7.28. The van der Waals surface area contributed by atoms with Gasteiger partial charge in [-0.3, -0.25) is 19.5 Å². The first-order valence-corrected chi connectivity index (χ1v) is 13.0. The number of aromatic nitrogens is 3. The summed E-state index contributed by atoms with van der Waals surface area (Å²) in [6.45, 7) is 7.73. The van der Waals surface area contributed by atoms with Gasteiger partial charge < -0.3 is 9.80 Å². The van der Waals surface area contributed by atoms with Crippen LogP contribution in [0.2, 0.25) is 0 Å². The first-order valence-electron chi connectivity index (χ1n) is 13.0. The maximum Gasteiger partial charge on any atom is 0.257 e. The van der Waals surface area contributed by atoms with Crippen molar-refractivity contribution in [2.24, 2.45) is 0 Å². The molecule has 0 saturated carbocycles. The van der Waals surface area contributed by atoms with Gasteiger partial charge in [0.2, 0.25) is 5.91 Å². The average Bonchev–Trinajstić information content (AvgIpc) is 3.24. The minimum absolute atomic E-state index is 0.0145. The molecule has 0 spiro atoms. The summed E-state index contributed by atoms with van der Waals surface area (Å²) in [5.74, 6) is 0.585. The Morgan fingerprint density at radius 3 is 2.57 bits per heavy atom. The van der Waals surface area contributed by atoms with Gasteiger partial charge in [-0.25, -0.2) is 9.97 Å². The molecule has 2 atom stereocenters. The van der Waals surface area contributed by atoms with Crippen LogP contribution in [0.4, 0.5) is 5.69 Å². The largest absolute Gasteiger partial charge is 0.333 e. The van der Waals surface area contributed by atoms with Crippen LogP contribution in [0.5, 0.6) is 0 Å². The van der Waals surface area contributed by atoms with Gasteiger partial charge in [-0.15, -0.1) is 0 Å². The summed E-state index contributed by atoms with van der Waals surface area (Å²) >= 11 is 0. The molecule has 0 N–H and O–H groups in total. The number of nitrogens with zero attached hydrogens (tertiary/aromatic N) is 6. The van der Waals surface area contributed by atoms with E-state index in [4.69, 9.17) is 0 Å². The van der Waals surface area contributed by atoms with Crippen molar-refractivity contribution in [1.82, 2.24) is 24.8 Å². The molecule has 2 amide bonds. The lowest BCUT2D eigenvalue weighted by molar-refractivity contribution is -0.116. The molecule has 2 aliphatic rings. The highest BCUT2D eigenvalue weighted by Crippen LogP contribution is 2.33. The molecule has 1 aromatic carbocycles. The summed E-state index contributed by atoms with van der Waals surface area (Å²) in [7, 11) is 0. The Labute approximate surface area is 218 Å². The molecule has 5 rings (SSSR count). The Balaban J connectivity index is 1.55. The normalized spacial score (nSPS) is 20.3. The highest BCUT2D eigenvalue weighted by Gasteiger charge is 2.37. The fourth-order valence-electron chi connectivity index (χ4n) is 5.76. The van der Waals surface area contributed by atoms with Crippen LogP contribution in [0.25, 0.3) is 0 Å². The first-order chi connectivity index (χ1) is 17.9. The van der Waals surface area contributed by atoms with E-state index in [1.807, 2.05) is 60.2 Å². The van der Waals surface area contributed by atoms with Crippen molar-refractivity contribution < 1.29 is 9.59 Å². The van der Waals surface area contributed by atoms with Crippen molar-refractivity contribution >= 4 is 17.5 Å². The van der Waals surface area contributed by atoms with E-state index in [1.54, 1.807) is 19.3 Å². The molecule has 2 aromatic heterocycles. The first kappa shape index (κ1) is 25.0. The fourth-order valence-corrected chi connectivity index (χ4v) is 5.76. The molecule has 1 fully saturated rings. The second-order valence-corrected chi connectivity index (χ2v) is 10.1. The molecule has 8 heteroatoms. The SMILES string of the molecule is CC(=O)N1CCC2CCC(CN(C(=O)c3cnc(C)nc3C)Cc3ccccc31)N2Cc1cccnc1. The number of fused-ring (bicyclic) bond motifs is 3. The van der Waals surface area contributed by atoms with Gasteiger partial charge in [0, 0.05) is 69.5 Å². The lowest BCUT2D eigenvalue weighted by atomic mass is 10.1. The molecule has 2 aliphatic heterocycles. The second-order valence-electron chi connectivity index (χ2n) is 10.1. The molecule has 37 heavy (non-hydrogen) atoms. The van der Waals surface area contributed by atoms with Crippen molar-refractivity contribution in [2.45, 2.75) is 65.2 Å². The highest BCUT2D eigenvalue weighted by molar-refractivity contribution is 5.95. The van der Waals surface area contributed by atoms with Gasteiger partial charge in [0.1, 0.15) is 5.82 Å². The van der Waals surface area contributed by atoms with E-state index in [0.29, 0.717) is 42.8 Å². The number of hydrogen-bond acceptors (Lipinski definition) is 6. The van der Waals surface area contributed by atoms with E-state index < -0.39 is 0 Å². The Morgan fingerprint density at radius 2 is 1.81 bits per heavy atom. The van der Waals surface area contributed by atoms with Crippen LogP contribution in [0, 0.1) is 13.8 Å². The van der Waals surface area contributed by atoms with Crippen molar-refractivity contribution in [2.75, 3.05) is 18.0 Å². The average molecular weight is 499 g/mol. The highest BCUT2D eigenvalue weighted by atomic mass is 16.2. The summed E-state index contributed by atoms with van der Waals surface area (Å²) in [6.07, 6.45) is 8.26. The molecule has 192 valence electrons. The molecule has 1 saturated heterocycles. The quantitative estimate of drug-likeness (QED) is 0.544. The number of benzene rings is 1. The molecular formula is C29H34N6O2. The molecule has 3 aromatic rings. The zero-order valence-corrected chi connectivity index (χ0v) is 21.8. The zero-order valence-electron chi connectivity index (χ0n) is 21.8. The number of para-hydroxylation sites is 1. The van der Waals surface area contributed by atoms with E-state index in [0.717, 1.165) is 42.6 Å². The summed E-state index contributed by atoms with van der Waals surface area (Å²) in [6, 6.07) is 12.5. The van der Waals surface area contributed by atoms with Crippen LogP contribution >= 0.6 is 0 Å². The van der Waals surface area contributed by atoms with Gasteiger partial charge in [-0.05, 0) is 56.4 Å². The molecule has 0 aliphatic carbocycles. The number of anilines is 1. The maximum absolute atomic E-state index is 14.0. The van der Waals surface area contributed by atoms with E-state index in [-0.39, 0.29) is 17.9 Å². The Hall–Kier alpha value is -3.65. The zero-order chi connectivity index (χ0) is 25.9. The van der Waals surface area contributed by atoms with Crippen LogP contribution in [0.3, 0.4) is 0 Å². The molecule has 2 bridgehead atoms. The van der Waals surface area contributed by atoms with Crippen LogP contribution in [0.15, 0.2) is 55.0 Å². The minimum Gasteiger partial charge on any atom is -0.333 e. The fraction of sp³-hybridized carbons (Fsp3) is 0.414. The van der Waals surface area contributed by atoms with Crippen molar-refractivity contribution in [3.8, 4) is 0 Å². The lowest BCUT2D eigenvalue weighted by Gasteiger charge is -2.34. The standard InChI is InChI=1S/C29H34N6O2/c1-20-27(16-31-21(2)32-20)29(37)33-18-24-8-4-5-9-28(24)34(22(3)36)14-12-25-10-11-26(19-33)35(25)17-23-7-6-13-30-15-23/h4-9,13,15-16,25-26H,10-12,14,17-19H2,1-3H3. The smallest absolute Gasteiger partial charge is 0.257 e. The topological polar surface area (TPSA) is 82.5 Å². The van der Waals surface area contributed by atoms with Crippen LogP contribution < -0.4 is 4.90 Å². The summed E-state index contributed by atoms with van der Waals surface area (Å²) in [5, 5.41) is 0. The third-order valence-electron chi connectivity index (χ3n) is 7.62. The number of carbonyl (C=O) groups excluding carboxylic acids is 2. The predicted molar refractivity (Wildman–Crippen MR) is 142 cm³/mol. The maximum atomic E-state index is 14.0. The van der Waals surface area contributed by atoms with Crippen molar-refractivity contribution in [1.29, 1.82) is 0 Å². The van der Waals surface area contributed by atoms with E-state index in [1.165, 1.54) is 0 Å². The van der Waals surface area contributed by atoms with Gasteiger partial charge in [0.05, 0.1) is 11.3 Å². The number of amides is 2. The molecule has 2 unspecified atom stereocenters. The molecular weight excluding hydrogens is 464 g/mol. The van der Waals surface area contributed by atoms with Crippen molar-refractivity contribution in [3.63, 3.8) is 0 Å². The number of rotatable bonds is 3. The molecule has 0 radical (unpaired) electrons. The van der Waals surface area contributed by atoms with Gasteiger partial charge in [-0.1, -0.05) is 24.3 Å². The van der Waals surface area contributed by atoms with Crippen molar-refractivity contribution in [3.05, 3.63) is 83.2 Å². The Morgan fingerprint density at radius 1 is 1.00 bits per heavy atom. The second kappa shape index (κ2) is 10.8. The monoisotopic (exact) mass is 498 g/mol. The summed E-state index contributed by atoms with van der Waals surface area (Å²) < 4.78 is 0. The molecule has 8 nitrogen and oxygen atoms in total. The van der Waals surface area contributed by atoms with E-state index in [2.05, 4.69) is 25.9 Å². The molecule has 4 heterocycles. The minimum atomic E-state index is -0.0781. The van der Waals surface area contributed by atoms with Crippen LogP contribution in [0.1, 0.15) is 59.2 Å². The summed E-state index contributed by atoms with van der Waals surface area (Å²) in [5.41, 5.74) is 4.20. The van der Waals surface area contributed by atoms with Crippen LogP contribution in [-0.2, 0) is 17.9 Å². The number of hydrogen-bond donors (Lipinski definition) is 0. The van der Waals surface area contributed by atoms with Gasteiger partial charge in [-0.2, -0.15) is 0 Å².